The molecular formula is C20H27N5O2. The summed E-state index contributed by atoms with van der Waals surface area (Å²) >= 11 is 0. The normalized spacial score (nSPS) is 18.6. The van der Waals surface area contributed by atoms with Crippen molar-refractivity contribution in [1.82, 2.24) is 25.0 Å². The minimum absolute atomic E-state index is 0.00123. The van der Waals surface area contributed by atoms with Gasteiger partial charge in [-0.2, -0.15) is 5.10 Å². The lowest BCUT2D eigenvalue weighted by Crippen LogP contribution is -2.48. The number of carbonyl (C=O) groups is 2. The highest BCUT2D eigenvalue weighted by atomic mass is 16.2. The molecule has 0 aromatic carbocycles. The maximum Gasteiger partial charge on any atom is 0.252 e. The summed E-state index contributed by atoms with van der Waals surface area (Å²) in [5, 5.41) is 8.13. The first-order valence-corrected chi connectivity index (χ1v) is 9.89. The number of aromatic nitrogens is 3. The van der Waals surface area contributed by atoms with E-state index in [0.717, 1.165) is 61.2 Å². The van der Waals surface area contributed by atoms with Gasteiger partial charge in [-0.15, -0.1) is 0 Å². The van der Waals surface area contributed by atoms with Crippen LogP contribution in [0.25, 0.3) is 11.0 Å². The molecule has 1 saturated carbocycles. The quantitative estimate of drug-likeness (QED) is 0.897. The van der Waals surface area contributed by atoms with Gasteiger partial charge < -0.3 is 10.2 Å². The van der Waals surface area contributed by atoms with Gasteiger partial charge in [-0.05, 0) is 52.0 Å². The number of hydrogen-bond acceptors (Lipinski definition) is 4. The number of fused-ring (bicyclic) bond motifs is 1. The van der Waals surface area contributed by atoms with E-state index in [-0.39, 0.29) is 11.8 Å². The van der Waals surface area contributed by atoms with Crippen molar-refractivity contribution in [3.8, 4) is 0 Å². The number of nitrogens with zero attached hydrogens (tertiary/aromatic N) is 4. The van der Waals surface area contributed by atoms with E-state index in [4.69, 9.17) is 4.98 Å². The lowest BCUT2D eigenvalue weighted by Gasteiger charge is -2.29. The van der Waals surface area contributed by atoms with Gasteiger partial charge in [-0.1, -0.05) is 0 Å². The Balaban J connectivity index is 1.61. The summed E-state index contributed by atoms with van der Waals surface area (Å²) in [5.74, 6) is 0.209. The van der Waals surface area contributed by atoms with Crippen LogP contribution in [-0.4, -0.2) is 50.6 Å². The molecule has 7 nitrogen and oxygen atoms in total. The molecule has 3 heterocycles. The predicted octanol–water partition coefficient (Wildman–Crippen LogP) is 2.28. The Bertz CT molecular complexity index is 893. The van der Waals surface area contributed by atoms with Crippen molar-refractivity contribution >= 4 is 22.8 Å². The van der Waals surface area contributed by atoms with E-state index < -0.39 is 6.04 Å². The Labute approximate surface area is 159 Å². The zero-order chi connectivity index (χ0) is 19.1. The van der Waals surface area contributed by atoms with Crippen molar-refractivity contribution in [1.29, 1.82) is 0 Å². The first kappa shape index (κ1) is 17.9. The van der Waals surface area contributed by atoms with Gasteiger partial charge in [0.25, 0.3) is 5.91 Å². The van der Waals surface area contributed by atoms with Crippen LogP contribution in [0.2, 0.25) is 0 Å². The largest absolute Gasteiger partial charge is 0.341 e. The highest BCUT2D eigenvalue weighted by Crippen LogP contribution is 2.40. The van der Waals surface area contributed by atoms with Crippen LogP contribution in [0.3, 0.4) is 0 Å². The van der Waals surface area contributed by atoms with Crippen molar-refractivity contribution in [3.05, 3.63) is 23.0 Å². The van der Waals surface area contributed by atoms with Crippen LogP contribution in [0.5, 0.6) is 0 Å². The molecular weight excluding hydrogens is 342 g/mol. The summed E-state index contributed by atoms with van der Waals surface area (Å²) in [5.41, 5.74) is 3.04. The van der Waals surface area contributed by atoms with E-state index >= 15 is 0 Å². The highest BCUT2D eigenvalue weighted by Gasteiger charge is 2.30. The average molecular weight is 369 g/mol. The summed E-state index contributed by atoms with van der Waals surface area (Å²) in [6, 6.07) is 1.35. The Hall–Kier alpha value is -2.44. The third-order valence-corrected chi connectivity index (χ3v) is 5.61. The van der Waals surface area contributed by atoms with E-state index in [2.05, 4.69) is 10.4 Å². The Morgan fingerprint density at radius 3 is 2.59 bits per heavy atom. The molecule has 1 N–H and O–H groups in total. The Morgan fingerprint density at radius 1 is 1.22 bits per heavy atom. The average Bonchev–Trinajstić information content (AvgIpc) is 3.48. The van der Waals surface area contributed by atoms with Gasteiger partial charge in [-0.3, -0.25) is 14.3 Å². The molecule has 144 valence electrons. The van der Waals surface area contributed by atoms with Crippen LogP contribution in [-0.2, 0) is 11.8 Å². The van der Waals surface area contributed by atoms with Crippen LogP contribution >= 0.6 is 0 Å². The number of aryl methyl sites for hydroxylation is 2. The molecule has 1 aliphatic carbocycles. The van der Waals surface area contributed by atoms with Crippen LogP contribution in [0.4, 0.5) is 0 Å². The molecule has 2 amide bonds. The van der Waals surface area contributed by atoms with E-state index in [0.29, 0.717) is 11.5 Å². The van der Waals surface area contributed by atoms with Crippen molar-refractivity contribution < 1.29 is 9.59 Å². The first-order chi connectivity index (χ1) is 13.0. The van der Waals surface area contributed by atoms with Gasteiger partial charge in [0.15, 0.2) is 5.65 Å². The zero-order valence-electron chi connectivity index (χ0n) is 16.3. The number of amides is 2. The lowest BCUT2D eigenvalue weighted by atomic mass is 10.1. The Morgan fingerprint density at radius 2 is 1.93 bits per heavy atom. The van der Waals surface area contributed by atoms with Crippen LogP contribution in [0, 0.1) is 6.92 Å². The minimum atomic E-state index is -0.542. The van der Waals surface area contributed by atoms with E-state index in [1.54, 1.807) is 11.6 Å². The SMILES string of the molecule is Cc1nn(C)c2nc(C3CC3)cc(C(=O)NC(C)C(=O)N3CCCCC3)c12. The molecule has 27 heavy (non-hydrogen) atoms. The molecule has 1 aliphatic heterocycles. The van der Waals surface area contributed by atoms with Crippen molar-refractivity contribution in [2.24, 2.45) is 7.05 Å². The smallest absolute Gasteiger partial charge is 0.252 e. The van der Waals surface area contributed by atoms with Gasteiger partial charge in [-0.25, -0.2) is 4.98 Å². The fraction of sp³-hybridized carbons (Fsp3) is 0.600. The van der Waals surface area contributed by atoms with E-state index in [9.17, 15) is 9.59 Å². The molecule has 1 saturated heterocycles. The van der Waals surface area contributed by atoms with Gasteiger partial charge in [0.1, 0.15) is 6.04 Å². The van der Waals surface area contributed by atoms with E-state index in [1.165, 1.54) is 6.42 Å². The van der Waals surface area contributed by atoms with E-state index in [1.807, 2.05) is 24.9 Å². The van der Waals surface area contributed by atoms with Crippen LogP contribution in [0.1, 0.15) is 66.7 Å². The zero-order valence-corrected chi connectivity index (χ0v) is 16.3. The summed E-state index contributed by atoms with van der Waals surface area (Å²) < 4.78 is 1.73. The molecule has 4 rings (SSSR count). The molecule has 2 aliphatic rings. The molecule has 2 aromatic rings. The molecule has 0 spiro atoms. The van der Waals surface area contributed by atoms with Gasteiger partial charge >= 0.3 is 0 Å². The third-order valence-electron chi connectivity index (χ3n) is 5.61. The summed E-state index contributed by atoms with van der Waals surface area (Å²) in [7, 11) is 1.85. The second-order valence-corrected chi connectivity index (χ2v) is 7.86. The summed E-state index contributed by atoms with van der Waals surface area (Å²) in [6.07, 6.45) is 5.47. The van der Waals surface area contributed by atoms with Crippen molar-refractivity contribution in [2.75, 3.05) is 13.1 Å². The fourth-order valence-corrected chi connectivity index (χ4v) is 3.96. The number of carbonyl (C=O) groups excluding carboxylic acids is 2. The second-order valence-electron chi connectivity index (χ2n) is 7.86. The number of pyridine rings is 1. The molecule has 7 heteroatoms. The number of rotatable bonds is 4. The summed E-state index contributed by atoms with van der Waals surface area (Å²) in [6.45, 7) is 5.23. The molecule has 0 radical (unpaired) electrons. The third kappa shape index (κ3) is 3.42. The minimum Gasteiger partial charge on any atom is -0.341 e. The maximum absolute atomic E-state index is 13.1. The topological polar surface area (TPSA) is 80.1 Å². The molecule has 2 aromatic heterocycles. The number of piperidine rings is 1. The van der Waals surface area contributed by atoms with Crippen molar-refractivity contribution in [3.63, 3.8) is 0 Å². The predicted molar refractivity (Wildman–Crippen MR) is 103 cm³/mol. The van der Waals surface area contributed by atoms with Gasteiger partial charge in [0, 0.05) is 31.7 Å². The number of hydrogen-bond donors (Lipinski definition) is 1. The lowest BCUT2D eigenvalue weighted by molar-refractivity contribution is -0.133. The maximum atomic E-state index is 13.1. The fourth-order valence-electron chi connectivity index (χ4n) is 3.96. The van der Waals surface area contributed by atoms with Gasteiger partial charge in [0.2, 0.25) is 5.91 Å². The molecule has 2 fully saturated rings. The molecule has 0 bridgehead atoms. The molecule has 1 atom stereocenters. The standard InChI is InChI=1S/C20H27N5O2/c1-12-17-15(11-16(14-7-8-14)22-18(17)24(3)23-12)19(26)21-13(2)20(27)25-9-5-4-6-10-25/h11,13-14H,4-10H2,1-3H3,(H,21,26). The second kappa shape index (κ2) is 6.94. The summed E-state index contributed by atoms with van der Waals surface area (Å²) in [4.78, 5) is 32.3. The number of nitrogens with one attached hydrogen (secondary N) is 1. The Kier molecular flexibility index (Phi) is 4.61. The van der Waals surface area contributed by atoms with Crippen molar-refractivity contribution in [2.45, 2.75) is 57.9 Å². The first-order valence-electron chi connectivity index (χ1n) is 9.89. The highest BCUT2D eigenvalue weighted by molar-refractivity contribution is 6.07. The number of likely N-dealkylation sites (tertiary alicyclic amines) is 1. The van der Waals surface area contributed by atoms with Gasteiger partial charge in [0.05, 0.1) is 16.6 Å². The van der Waals surface area contributed by atoms with Crippen LogP contribution < -0.4 is 5.32 Å². The van der Waals surface area contributed by atoms with Crippen LogP contribution in [0.15, 0.2) is 6.07 Å². The molecule has 1 unspecified atom stereocenters. The monoisotopic (exact) mass is 369 g/mol.